The highest BCUT2D eigenvalue weighted by atomic mass is 79.9. The number of halogens is 1. The monoisotopic (exact) mass is 431 g/mol. The van der Waals surface area contributed by atoms with Gasteiger partial charge in [-0.15, -0.1) is 0 Å². The molecule has 1 aliphatic rings. The predicted octanol–water partition coefficient (Wildman–Crippen LogP) is -0.912. The zero-order valence-corrected chi connectivity index (χ0v) is 17.4. The summed E-state index contributed by atoms with van der Waals surface area (Å²) in [7, 11) is 1.60. The molecule has 0 aromatic heterocycles. The van der Waals surface area contributed by atoms with Gasteiger partial charge in [0.05, 0.1) is 25.6 Å². The quantitative estimate of drug-likeness (QED) is 0.602. The molecule has 5 heteroatoms. The molecule has 0 radical (unpaired) electrons. The highest BCUT2D eigenvalue weighted by molar-refractivity contribution is 5.97. The molecule has 1 saturated heterocycles. The summed E-state index contributed by atoms with van der Waals surface area (Å²) < 4.78 is 5.20. The molecule has 2 aromatic rings. The van der Waals surface area contributed by atoms with E-state index in [1.54, 1.807) is 20.1 Å². The first-order chi connectivity index (χ1) is 12.5. The molecule has 1 aliphatic heterocycles. The molecule has 0 saturated carbocycles. The Morgan fingerprint density at radius 2 is 1.70 bits per heavy atom. The molecule has 1 heterocycles. The van der Waals surface area contributed by atoms with Crippen molar-refractivity contribution in [3.8, 4) is 5.75 Å². The minimum Gasteiger partial charge on any atom is -1.00 e. The average Bonchev–Trinajstić information content (AvgIpc) is 2.69. The molecule has 4 nitrogen and oxygen atoms in total. The molecule has 3 rings (SSSR count). The molecule has 144 valence electrons. The van der Waals surface area contributed by atoms with E-state index in [1.165, 1.54) is 4.90 Å². The van der Waals surface area contributed by atoms with E-state index in [1.807, 2.05) is 48.5 Å². The molecule has 27 heavy (non-hydrogen) atoms. The topological polar surface area (TPSA) is 47.8 Å². The summed E-state index contributed by atoms with van der Waals surface area (Å²) in [6.45, 7) is 3.80. The molecule has 0 aliphatic carbocycles. The fourth-order valence-electron chi connectivity index (χ4n) is 3.93. The SMILES string of the molecule is COc1cccc(C(=O)C[NH+]2CCC(C(C)=O)(c3ccccc3)CC2)c1.[Br-]. The van der Waals surface area contributed by atoms with Crippen LogP contribution in [0.25, 0.3) is 0 Å². The lowest BCUT2D eigenvalue weighted by atomic mass is 9.70. The number of carbonyl (C=O) groups is 2. The molecule has 2 aromatic carbocycles. The van der Waals surface area contributed by atoms with Crippen LogP contribution in [0.3, 0.4) is 0 Å². The van der Waals surface area contributed by atoms with E-state index in [0.29, 0.717) is 17.9 Å². The minimum absolute atomic E-state index is 0. The maximum Gasteiger partial charge on any atom is 0.216 e. The summed E-state index contributed by atoms with van der Waals surface area (Å²) in [6.07, 6.45) is 1.57. The van der Waals surface area contributed by atoms with Crippen molar-refractivity contribution in [1.29, 1.82) is 0 Å². The Bertz CT molecular complexity index is 783. The number of ketones is 2. The molecular formula is C22H26BrNO3. The van der Waals surface area contributed by atoms with Crippen LogP contribution < -0.4 is 26.6 Å². The van der Waals surface area contributed by atoms with Crippen molar-refractivity contribution in [3.63, 3.8) is 0 Å². The average molecular weight is 432 g/mol. The maximum absolute atomic E-state index is 12.6. The van der Waals surface area contributed by atoms with Crippen molar-refractivity contribution in [3.05, 3.63) is 65.7 Å². The lowest BCUT2D eigenvalue weighted by Gasteiger charge is -2.38. The number of hydrogen-bond acceptors (Lipinski definition) is 3. The van der Waals surface area contributed by atoms with Gasteiger partial charge >= 0.3 is 0 Å². The molecular weight excluding hydrogens is 406 g/mol. The lowest BCUT2D eigenvalue weighted by molar-refractivity contribution is -0.897. The largest absolute Gasteiger partial charge is 1.00 e. The Morgan fingerprint density at radius 1 is 1.04 bits per heavy atom. The smallest absolute Gasteiger partial charge is 0.216 e. The Labute approximate surface area is 171 Å². The van der Waals surface area contributed by atoms with Crippen LogP contribution in [0, 0.1) is 0 Å². The maximum atomic E-state index is 12.6. The Hall–Kier alpha value is -1.98. The second-order valence-corrected chi connectivity index (χ2v) is 7.09. The van der Waals surface area contributed by atoms with Crippen molar-refractivity contribution in [2.75, 3.05) is 26.7 Å². The Balaban J connectivity index is 0.00000261. The van der Waals surface area contributed by atoms with E-state index in [2.05, 4.69) is 0 Å². The number of likely N-dealkylation sites (tertiary alicyclic amines) is 1. The number of quaternary nitrogens is 1. The van der Waals surface area contributed by atoms with Gasteiger partial charge in [-0.1, -0.05) is 42.5 Å². The van der Waals surface area contributed by atoms with Crippen LogP contribution in [0.1, 0.15) is 35.7 Å². The third kappa shape index (κ3) is 4.66. The zero-order chi connectivity index (χ0) is 18.6. The number of nitrogens with one attached hydrogen (secondary N) is 1. The molecule has 0 bridgehead atoms. The fourth-order valence-corrected chi connectivity index (χ4v) is 3.93. The van der Waals surface area contributed by atoms with Gasteiger partial charge < -0.3 is 26.6 Å². The Morgan fingerprint density at radius 3 is 2.30 bits per heavy atom. The van der Waals surface area contributed by atoms with Crippen LogP contribution in [0.15, 0.2) is 54.6 Å². The standard InChI is InChI=1S/C22H25NO3.BrH/c1-17(24)22(19-8-4-3-5-9-19)11-13-23(14-12-22)16-21(25)18-7-6-10-20(15-18)26-2;/h3-10,15H,11-14,16H2,1-2H3;1H. The van der Waals surface area contributed by atoms with Crippen LogP contribution in [0.2, 0.25) is 0 Å². The van der Waals surface area contributed by atoms with E-state index in [-0.39, 0.29) is 28.5 Å². The summed E-state index contributed by atoms with van der Waals surface area (Å²) in [5, 5.41) is 0. The number of benzene rings is 2. The number of Topliss-reactive ketones (excluding diaryl/α,β-unsaturated/α-hetero) is 2. The van der Waals surface area contributed by atoms with Crippen LogP contribution in [0.5, 0.6) is 5.75 Å². The first-order valence-electron chi connectivity index (χ1n) is 9.12. The van der Waals surface area contributed by atoms with Crippen LogP contribution in [0.4, 0.5) is 0 Å². The van der Waals surface area contributed by atoms with Gasteiger partial charge in [-0.25, -0.2) is 0 Å². The molecule has 1 fully saturated rings. The number of piperidine rings is 1. The zero-order valence-electron chi connectivity index (χ0n) is 15.8. The van der Waals surface area contributed by atoms with E-state index in [0.717, 1.165) is 31.5 Å². The highest BCUT2D eigenvalue weighted by Crippen LogP contribution is 2.33. The highest BCUT2D eigenvalue weighted by Gasteiger charge is 2.42. The Kier molecular flexibility index (Phi) is 7.33. The number of ether oxygens (including phenoxy) is 1. The van der Waals surface area contributed by atoms with Crippen molar-refractivity contribution in [2.45, 2.75) is 25.2 Å². The predicted molar refractivity (Wildman–Crippen MR) is 101 cm³/mol. The second kappa shape index (κ2) is 9.29. The molecule has 1 N–H and O–H groups in total. The van der Waals surface area contributed by atoms with Gasteiger partial charge in [-0.2, -0.15) is 0 Å². The first-order valence-corrected chi connectivity index (χ1v) is 9.12. The van der Waals surface area contributed by atoms with Gasteiger partial charge in [-0.3, -0.25) is 9.59 Å². The van der Waals surface area contributed by atoms with Crippen LogP contribution in [-0.2, 0) is 10.2 Å². The first kappa shape index (κ1) is 21.3. The van der Waals surface area contributed by atoms with Crippen molar-refractivity contribution in [1.82, 2.24) is 0 Å². The van der Waals surface area contributed by atoms with E-state index >= 15 is 0 Å². The van der Waals surface area contributed by atoms with Gasteiger partial charge in [0.15, 0.2) is 0 Å². The summed E-state index contributed by atoms with van der Waals surface area (Å²) in [4.78, 5) is 26.3. The number of carbonyl (C=O) groups excluding carboxylic acids is 2. The van der Waals surface area contributed by atoms with E-state index < -0.39 is 5.41 Å². The molecule has 0 spiro atoms. The fraction of sp³-hybridized carbons (Fsp3) is 0.364. The van der Waals surface area contributed by atoms with E-state index in [4.69, 9.17) is 4.74 Å². The molecule has 0 atom stereocenters. The molecule has 0 unspecified atom stereocenters. The second-order valence-electron chi connectivity index (χ2n) is 7.09. The lowest BCUT2D eigenvalue weighted by Crippen LogP contribution is -3.14. The summed E-state index contributed by atoms with van der Waals surface area (Å²) in [5.41, 5.74) is 1.39. The van der Waals surface area contributed by atoms with Gasteiger partial charge in [0.2, 0.25) is 5.78 Å². The van der Waals surface area contributed by atoms with E-state index in [9.17, 15) is 9.59 Å². The van der Waals surface area contributed by atoms with Gasteiger partial charge in [-0.05, 0) is 24.6 Å². The normalized spacial score (nSPS) is 21.8. The van der Waals surface area contributed by atoms with Crippen molar-refractivity contribution in [2.24, 2.45) is 0 Å². The minimum atomic E-state index is -0.399. The number of methoxy groups -OCH3 is 1. The number of hydrogen-bond donors (Lipinski definition) is 1. The summed E-state index contributed by atoms with van der Waals surface area (Å²) in [6, 6.07) is 17.4. The van der Waals surface area contributed by atoms with Crippen molar-refractivity contribution < 1.29 is 36.2 Å². The third-order valence-electron chi connectivity index (χ3n) is 5.61. The summed E-state index contributed by atoms with van der Waals surface area (Å²) in [5.74, 6) is 1.04. The molecule has 0 amide bonds. The van der Waals surface area contributed by atoms with Gasteiger partial charge in [0, 0.05) is 18.4 Å². The van der Waals surface area contributed by atoms with Gasteiger partial charge in [0.1, 0.15) is 18.1 Å². The summed E-state index contributed by atoms with van der Waals surface area (Å²) >= 11 is 0. The van der Waals surface area contributed by atoms with Crippen LogP contribution in [-0.4, -0.2) is 38.3 Å². The third-order valence-corrected chi connectivity index (χ3v) is 5.61. The van der Waals surface area contributed by atoms with Crippen LogP contribution >= 0.6 is 0 Å². The van der Waals surface area contributed by atoms with Gasteiger partial charge in [0.25, 0.3) is 0 Å². The van der Waals surface area contributed by atoms with Crippen molar-refractivity contribution >= 4 is 11.6 Å². The number of rotatable bonds is 6.